The summed E-state index contributed by atoms with van der Waals surface area (Å²) in [6.45, 7) is 2.19. The highest BCUT2D eigenvalue weighted by molar-refractivity contribution is 6.13. The maximum absolute atomic E-state index is 2.34. The van der Waals surface area contributed by atoms with Gasteiger partial charge in [0.1, 0.15) is 0 Å². The van der Waals surface area contributed by atoms with E-state index in [0.29, 0.717) is 0 Å². The van der Waals surface area contributed by atoms with E-state index in [1.165, 1.54) is 38.6 Å². The Balaban J connectivity index is 2.07. The molecule has 90 valence electrons. The summed E-state index contributed by atoms with van der Waals surface area (Å²) < 4.78 is 0. The molecule has 0 saturated heterocycles. The lowest BCUT2D eigenvalue weighted by Gasteiger charge is -2.06. The molecule has 0 heteroatoms. The first kappa shape index (κ1) is 10.6. The highest BCUT2D eigenvalue weighted by Crippen LogP contribution is 2.40. The molecule has 0 atom stereocenters. The van der Waals surface area contributed by atoms with Crippen LogP contribution in [0, 0.1) is 6.92 Å². The summed E-state index contributed by atoms with van der Waals surface area (Å²) in [7, 11) is 0. The minimum absolute atomic E-state index is 1.30. The Morgan fingerprint density at radius 2 is 1.58 bits per heavy atom. The lowest BCUT2D eigenvalue weighted by molar-refractivity contribution is 1.49. The monoisotopic (exact) mass is 242 g/mol. The first-order chi connectivity index (χ1) is 9.34. The van der Waals surface area contributed by atoms with Crippen LogP contribution in [0.4, 0.5) is 0 Å². The molecule has 0 saturated carbocycles. The smallest absolute Gasteiger partial charge is 0.00297 e. The van der Waals surface area contributed by atoms with Gasteiger partial charge in [0.05, 0.1) is 0 Å². The molecule has 0 fully saturated rings. The molecule has 0 N–H and O–H groups in total. The Bertz CT molecular complexity index is 808. The SMILES string of the molecule is Cc1ccc2cccc3c2c1C=C3c1ccccc1. The maximum Gasteiger partial charge on any atom is -0.00297 e. The van der Waals surface area contributed by atoms with Crippen LogP contribution >= 0.6 is 0 Å². The summed E-state index contributed by atoms with van der Waals surface area (Å²) in [6, 6.07) is 21.7. The number of benzene rings is 3. The molecular formula is C19H14. The highest BCUT2D eigenvalue weighted by atomic mass is 14.2. The van der Waals surface area contributed by atoms with Crippen LogP contribution < -0.4 is 0 Å². The van der Waals surface area contributed by atoms with Gasteiger partial charge in [-0.3, -0.25) is 0 Å². The second-order valence-corrected chi connectivity index (χ2v) is 5.12. The highest BCUT2D eigenvalue weighted by Gasteiger charge is 2.18. The van der Waals surface area contributed by atoms with Crippen molar-refractivity contribution in [3.8, 4) is 0 Å². The van der Waals surface area contributed by atoms with Gasteiger partial charge in [0.15, 0.2) is 0 Å². The number of hydrogen-bond acceptors (Lipinski definition) is 0. The zero-order chi connectivity index (χ0) is 12.8. The van der Waals surface area contributed by atoms with Gasteiger partial charge in [-0.15, -0.1) is 0 Å². The fourth-order valence-electron chi connectivity index (χ4n) is 3.00. The van der Waals surface area contributed by atoms with Gasteiger partial charge in [0, 0.05) is 0 Å². The van der Waals surface area contributed by atoms with Crippen molar-refractivity contribution >= 4 is 22.4 Å². The molecule has 0 aromatic heterocycles. The molecular weight excluding hydrogens is 228 g/mol. The van der Waals surface area contributed by atoms with Crippen LogP contribution in [0.3, 0.4) is 0 Å². The van der Waals surface area contributed by atoms with Crippen LogP contribution in [0.25, 0.3) is 22.4 Å². The summed E-state index contributed by atoms with van der Waals surface area (Å²) in [5.41, 5.74) is 6.74. The lowest BCUT2D eigenvalue weighted by atomic mass is 9.97. The third-order valence-electron chi connectivity index (χ3n) is 3.97. The summed E-state index contributed by atoms with van der Waals surface area (Å²) in [5, 5.41) is 2.74. The van der Waals surface area contributed by atoms with Crippen molar-refractivity contribution in [3.05, 3.63) is 82.9 Å². The Hall–Kier alpha value is -2.34. The van der Waals surface area contributed by atoms with Gasteiger partial charge < -0.3 is 0 Å². The quantitative estimate of drug-likeness (QED) is 0.438. The van der Waals surface area contributed by atoms with Crippen molar-refractivity contribution < 1.29 is 0 Å². The van der Waals surface area contributed by atoms with Crippen molar-refractivity contribution in [1.82, 2.24) is 0 Å². The molecule has 1 aliphatic carbocycles. The van der Waals surface area contributed by atoms with Crippen molar-refractivity contribution in [2.45, 2.75) is 6.92 Å². The van der Waals surface area contributed by atoms with Crippen molar-refractivity contribution in [2.75, 3.05) is 0 Å². The fourth-order valence-corrected chi connectivity index (χ4v) is 3.00. The second kappa shape index (κ2) is 3.83. The predicted octanol–water partition coefficient (Wildman–Crippen LogP) is 5.05. The Morgan fingerprint density at radius 1 is 0.737 bits per heavy atom. The van der Waals surface area contributed by atoms with E-state index in [0.717, 1.165) is 0 Å². The van der Waals surface area contributed by atoms with E-state index in [2.05, 4.69) is 73.7 Å². The van der Waals surface area contributed by atoms with Crippen molar-refractivity contribution in [1.29, 1.82) is 0 Å². The Kier molecular flexibility index (Phi) is 2.13. The first-order valence-corrected chi connectivity index (χ1v) is 6.64. The summed E-state index contributed by atoms with van der Waals surface area (Å²) in [5.74, 6) is 0. The number of rotatable bonds is 1. The molecule has 0 unspecified atom stereocenters. The molecule has 1 aliphatic rings. The largest absolute Gasteiger partial charge is 0.0622 e. The molecule has 0 spiro atoms. The van der Waals surface area contributed by atoms with E-state index >= 15 is 0 Å². The van der Waals surface area contributed by atoms with Gasteiger partial charge >= 0.3 is 0 Å². The minimum Gasteiger partial charge on any atom is -0.0622 e. The second-order valence-electron chi connectivity index (χ2n) is 5.12. The van der Waals surface area contributed by atoms with Crippen LogP contribution in [-0.4, -0.2) is 0 Å². The minimum atomic E-state index is 1.30. The maximum atomic E-state index is 2.34. The molecule has 0 radical (unpaired) electrons. The molecule has 0 amide bonds. The summed E-state index contributed by atoms with van der Waals surface area (Å²) in [4.78, 5) is 0. The van der Waals surface area contributed by atoms with Gasteiger partial charge in [-0.05, 0) is 51.6 Å². The van der Waals surface area contributed by atoms with Crippen molar-refractivity contribution in [2.24, 2.45) is 0 Å². The topological polar surface area (TPSA) is 0 Å². The van der Waals surface area contributed by atoms with Crippen LogP contribution in [0.15, 0.2) is 60.7 Å². The molecule has 0 aliphatic heterocycles. The van der Waals surface area contributed by atoms with E-state index < -0.39 is 0 Å². The van der Waals surface area contributed by atoms with E-state index in [1.54, 1.807) is 0 Å². The Morgan fingerprint density at radius 3 is 2.42 bits per heavy atom. The van der Waals surface area contributed by atoms with E-state index in [9.17, 15) is 0 Å². The zero-order valence-corrected chi connectivity index (χ0v) is 10.9. The van der Waals surface area contributed by atoms with Gasteiger partial charge in [-0.1, -0.05) is 60.7 Å². The van der Waals surface area contributed by atoms with Crippen LogP contribution in [0.5, 0.6) is 0 Å². The summed E-state index contributed by atoms with van der Waals surface area (Å²) >= 11 is 0. The average Bonchev–Trinajstić information content (AvgIpc) is 2.86. The molecule has 3 aromatic rings. The van der Waals surface area contributed by atoms with E-state index in [4.69, 9.17) is 0 Å². The van der Waals surface area contributed by atoms with Crippen LogP contribution in [0.1, 0.15) is 22.3 Å². The molecule has 4 rings (SSSR count). The predicted molar refractivity (Wildman–Crippen MR) is 82.1 cm³/mol. The Labute approximate surface area is 113 Å². The average molecular weight is 242 g/mol. The van der Waals surface area contributed by atoms with E-state index in [1.807, 2.05) is 0 Å². The molecule has 3 aromatic carbocycles. The normalized spacial score (nSPS) is 12.8. The number of hydrogen-bond donors (Lipinski definition) is 0. The zero-order valence-electron chi connectivity index (χ0n) is 10.9. The first-order valence-electron chi connectivity index (χ1n) is 6.64. The van der Waals surface area contributed by atoms with Crippen molar-refractivity contribution in [3.63, 3.8) is 0 Å². The van der Waals surface area contributed by atoms with Gasteiger partial charge in [-0.25, -0.2) is 0 Å². The van der Waals surface area contributed by atoms with Crippen LogP contribution in [0.2, 0.25) is 0 Å². The fraction of sp³-hybridized carbons (Fsp3) is 0.0526. The van der Waals surface area contributed by atoms with Gasteiger partial charge in [0.25, 0.3) is 0 Å². The lowest BCUT2D eigenvalue weighted by Crippen LogP contribution is -1.85. The number of aryl methyl sites for hydroxylation is 1. The summed E-state index contributed by atoms with van der Waals surface area (Å²) in [6.07, 6.45) is 2.34. The standard InChI is InChI=1S/C19H14/c1-13-10-11-15-8-5-9-16-18(12-17(13)19(15)16)14-6-3-2-4-7-14/h2-12H,1H3. The third-order valence-corrected chi connectivity index (χ3v) is 3.97. The van der Waals surface area contributed by atoms with Crippen LogP contribution in [-0.2, 0) is 0 Å². The molecule has 19 heavy (non-hydrogen) atoms. The molecule has 0 nitrogen and oxygen atoms in total. The van der Waals surface area contributed by atoms with Gasteiger partial charge in [-0.2, -0.15) is 0 Å². The molecule has 0 heterocycles. The van der Waals surface area contributed by atoms with E-state index in [-0.39, 0.29) is 0 Å². The van der Waals surface area contributed by atoms with Gasteiger partial charge in [0.2, 0.25) is 0 Å². The molecule has 0 bridgehead atoms. The third kappa shape index (κ3) is 1.47.